The normalized spacial score (nSPS) is 16.6. The first kappa shape index (κ1) is 12.4. The van der Waals surface area contributed by atoms with E-state index in [1.807, 2.05) is 25.1 Å². The molecule has 4 heteroatoms. The molecule has 0 heterocycles. The minimum atomic E-state index is -0.0326. The van der Waals surface area contributed by atoms with Crippen molar-refractivity contribution >= 4 is 23.2 Å². The highest BCUT2D eigenvalue weighted by atomic mass is 35.5. The Hall–Kier alpha value is -1.06. The van der Waals surface area contributed by atoms with E-state index in [-0.39, 0.29) is 11.9 Å². The van der Waals surface area contributed by atoms with Crippen molar-refractivity contribution < 1.29 is 4.79 Å². The van der Waals surface area contributed by atoms with Crippen LogP contribution < -0.4 is 11.1 Å². The summed E-state index contributed by atoms with van der Waals surface area (Å²) in [5.41, 5.74) is 7.57. The van der Waals surface area contributed by atoms with Crippen molar-refractivity contribution in [1.82, 2.24) is 0 Å². The van der Waals surface area contributed by atoms with E-state index in [1.54, 1.807) is 0 Å². The highest BCUT2D eigenvalue weighted by Crippen LogP contribution is 2.33. The Morgan fingerprint density at radius 1 is 1.59 bits per heavy atom. The lowest BCUT2D eigenvalue weighted by molar-refractivity contribution is -0.116. The van der Waals surface area contributed by atoms with Gasteiger partial charge in [0.2, 0.25) is 5.91 Å². The molecule has 0 aliphatic heterocycles. The molecule has 0 bridgehead atoms. The van der Waals surface area contributed by atoms with E-state index >= 15 is 0 Å². The Bertz CT molecular complexity index is 429. The smallest absolute Gasteiger partial charge is 0.225 e. The molecule has 0 radical (unpaired) electrons. The van der Waals surface area contributed by atoms with Crippen LogP contribution in [0.4, 0.5) is 5.69 Å². The van der Waals surface area contributed by atoms with Gasteiger partial charge in [-0.25, -0.2) is 0 Å². The van der Waals surface area contributed by atoms with Crippen molar-refractivity contribution in [3.63, 3.8) is 0 Å². The van der Waals surface area contributed by atoms with E-state index in [2.05, 4.69) is 5.32 Å². The molecule has 0 spiro atoms. The van der Waals surface area contributed by atoms with Gasteiger partial charge in [-0.15, -0.1) is 0 Å². The number of amides is 1. The maximum atomic E-state index is 11.8. The number of nitrogens with one attached hydrogen (secondary N) is 1. The van der Waals surface area contributed by atoms with E-state index < -0.39 is 0 Å². The van der Waals surface area contributed by atoms with Crippen LogP contribution in [0.15, 0.2) is 18.2 Å². The zero-order valence-electron chi connectivity index (χ0n) is 9.87. The SMILES string of the molecule is Cc1c(Cl)cccc1NC(=O)CC(N)C1CC1. The van der Waals surface area contributed by atoms with E-state index in [0.717, 1.165) is 24.1 Å². The lowest BCUT2D eigenvalue weighted by atomic mass is 10.1. The van der Waals surface area contributed by atoms with Crippen molar-refractivity contribution in [3.05, 3.63) is 28.8 Å². The number of nitrogens with two attached hydrogens (primary N) is 1. The summed E-state index contributed by atoms with van der Waals surface area (Å²) < 4.78 is 0. The third-order valence-electron chi connectivity index (χ3n) is 3.19. The van der Waals surface area contributed by atoms with Gasteiger partial charge < -0.3 is 11.1 Å². The molecule has 92 valence electrons. The third-order valence-corrected chi connectivity index (χ3v) is 3.60. The van der Waals surface area contributed by atoms with Crippen molar-refractivity contribution in [3.8, 4) is 0 Å². The van der Waals surface area contributed by atoms with Crippen molar-refractivity contribution in [2.75, 3.05) is 5.32 Å². The molecule has 0 aromatic heterocycles. The number of anilines is 1. The summed E-state index contributed by atoms with van der Waals surface area (Å²) in [6, 6.07) is 5.48. The van der Waals surface area contributed by atoms with Gasteiger partial charge in [-0.05, 0) is 43.4 Å². The molecule has 2 rings (SSSR count). The zero-order valence-corrected chi connectivity index (χ0v) is 10.6. The summed E-state index contributed by atoms with van der Waals surface area (Å²) in [6.07, 6.45) is 2.70. The standard InChI is InChI=1S/C13H17ClN2O/c1-8-10(14)3-2-4-12(8)16-13(17)7-11(15)9-5-6-9/h2-4,9,11H,5-7,15H2,1H3,(H,16,17). The second kappa shape index (κ2) is 5.07. The van der Waals surface area contributed by atoms with Gasteiger partial charge in [0.05, 0.1) is 0 Å². The van der Waals surface area contributed by atoms with E-state index in [1.165, 1.54) is 0 Å². The summed E-state index contributed by atoms with van der Waals surface area (Å²) in [6.45, 7) is 1.89. The molecule has 3 nitrogen and oxygen atoms in total. The van der Waals surface area contributed by atoms with Crippen molar-refractivity contribution in [1.29, 1.82) is 0 Å². The third kappa shape index (κ3) is 3.20. The Labute approximate surface area is 106 Å². The first-order valence-electron chi connectivity index (χ1n) is 5.88. The van der Waals surface area contributed by atoms with Crippen LogP contribution in [-0.2, 0) is 4.79 Å². The maximum Gasteiger partial charge on any atom is 0.225 e. The highest BCUT2D eigenvalue weighted by Gasteiger charge is 2.29. The molecule has 0 saturated heterocycles. The number of carbonyl (C=O) groups is 1. The molecular weight excluding hydrogens is 236 g/mol. The topological polar surface area (TPSA) is 55.1 Å². The van der Waals surface area contributed by atoms with Gasteiger partial charge in [0.1, 0.15) is 0 Å². The molecule has 3 N–H and O–H groups in total. The summed E-state index contributed by atoms with van der Waals surface area (Å²) in [5.74, 6) is 0.510. The number of halogens is 1. The molecule has 1 aromatic rings. The lowest BCUT2D eigenvalue weighted by Crippen LogP contribution is -2.29. The van der Waals surface area contributed by atoms with Gasteiger partial charge in [0.25, 0.3) is 0 Å². The zero-order chi connectivity index (χ0) is 12.4. The van der Waals surface area contributed by atoms with E-state index in [9.17, 15) is 4.79 Å². The monoisotopic (exact) mass is 252 g/mol. The summed E-state index contributed by atoms with van der Waals surface area (Å²) in [7, 11) is 0. The van der Waals surface area contributed by atoms with Crippen LogP contribution in [0.25, 0.3) is 0 Å². The molecule has 1 fully saturated rings. The second-order valence-electron chi connectivity index (χ2n) is 4.67. The van der Waals surface area contributed by atoms with Crippen LogP contribution in [0.2, 0.25) is 5.02 Å². The Kier molecular flexibility index (Phi) is 3.69. The van der Waals surface area contributed by atoms with Crippen molar-refractivity contribution in [2.24, 2.45) is 11.7 Å². The summed E-state index contributed by atoms with van der Waals surface area (Å²) >= 11 is 5.99. The minimum Gasteiger partial charge on any atom is -0.327 e. The number of hydrogen-bond donors (Lipinski definition) is 2. The lowest BCUT2D eigenvalue weighted by Gasteiger charge is -2.12. The van der Waals surface area contributed by atoms with Crippen LogP contribution in [-0.4, -0.2) is 11.9 Å². The Morgan fingerprint density at radius 3 is 2.94 bits per heavy atom. The predicted molar refractivity (Wildman–Crippen MR) is 70.1 cm³/mol. The molecule has 1 aromatic carbocycles. The van der Waals surface area contributed by atoms with E-state index in [4.69, 9.17) is 17.3 Å². The number of hydrogen-bond acceptors (Lipinski definition) is 2. The molecular formula is C13H17ClN2O. The highest BCUT2D eigenvalue weighted by molar-refractivity contribution is 6.31. The Morgan fingerprint density at radius 2 is 2.29 bits per heavy atom. The fourth-order valence-corrected chi connectivity index (χ4v) is 2.02. The molecule has 1 unspecified atom stereocenters. The number of rotatable bonds is 4. The predicted octanol–water partition coefficient (Wildman–Crippen LogP) is 2.71. The number of benzene rings is 1. The van der Waals surface area contributed by atoms with Crippen LogP contribution in [0, 0.1) is 12.8 Å². The van der Waals surface area contributed by atoms with Crippen LogP contribution in [0.3, 0.4) is 0 Å². The molecule has 1 atom stereocenters. The van der Waals surface area contributed by atoms with Crippen LogP contribution in [0.1, 0.15) is 24.8 Å². The minimum absolute atomic E-state index is 0.00510. The first-order valence-corrected chi connectivity index (χ1v) is 6.26. The second-order valence-corrected chi connectivity index (χ2v) is 5.07. The fourth-order valence-electron chi connectivity index (χ4n) is 1.85. The van der Waals surface area contributed by atoms with Crippen LogP contribution >= 0.6 is 11.6 Å². The van der Waals surface area contributed by atoms with E-state index in [0.29, 0.717) is 17.4 Å². The quantitative estimate of drug-likeness (QED) is 0.866. The maximum absolute atomic E-state index is 11.8. The van der Waals surface area contributed by atoms with Crippen molar-refractivity contribution in [2.45, 2.75) is 32.2 Å². The summed E-state index contributed by atoms with van der Waals surface area (Å²) in [4.78, 5) is 11.8. The molecule has 17 heavy (non-hydrogen) atoms. The molecule has 1 saturated carbocycles. The van der Waals surface area contributed by atoms with Gasteiger partial charge in [-0.2, -0.15) is 0 Å². The average molecular weight is 253 g/mol. The molecule has 1 amide bonds. The molecule has 1 aliphatic rings. The van der Waals surface area contributed by atoms with Gasteiger partial charge in [-0.1, -0.05) is 17.7 Å². The number of carbonyl (C=O) groups excluding carboxylic acids is 1. The summed E-state index contributed by atoms with van der Waals surface area (Å²) in [5, 5.41) is 3.52. The van der Waals surface area contributed by atoms with Gasteiger partial charge in [-0.3, -0.25) is 4.79 Å². The van der Waals surface area contributed by atoms with Crippen LogP contribution in [0.5, 0.6) is 0 Å². The Balaban J connectivity index is 1.95. The first-order chi connectivity index (χ1) is 8.08. The van der Waals surface area contributed by atoms with Gasteiger partial charge in [0.15, 0.2) is 0 Å². The average Bonchev–Trinajstić information content (AvgIpc) is 3.08. The largest absolute Gasteiger partial charge is 0.327 e. The molecule has 1 aliphatic carbocycles. The fraction of sp³-hybridized carbons (Fsp3) is 0.462. The van der Waals surface area contributed by atoms with Gasteiger partial charge in [0, 0.05) is 23.2 Å². The van der Waals surface area contributed by atoms with Gasteiger partial charge >= 0.3 is 0 Å².